The maximum absolute atomic E-state index is 5.35. The van der Waals surface area contributed by atoms with E-state index in [0.717, 1.165) is 25.6 Å². The Labute approximate surface area is 86.1 Å². The van der Waals surface area contributed by atoms with Gasteiger partial charge in [0.25, 0.3) is 0 Å². The van der Waals surface area contributed by atoms with Crippen LogP contribution in [-0.4, -0.2) is 13.2 Å². The molecule has 1 heteroatoms. The molecular formula is C13H18O. The Bertz CT molecular complexity index is 289. The molecule has 1 nitrogen and oxygen atoms in total. The highest BCUT2D eigenvalue weighted by atomic mass is 16.5. The molecule has 14 heavy (non-hydrogen) atoms. The first-order valence-electron chi connectivity index (χ1n) is 5.56. The van der Waals surface area contributed by atoms with Crippen LogP contribution in [0.1, 0.15) is 36.8 Å². The summed E-state index contributed by atoms with van der Waals surface area (Å²) in [6.07, 6.45) is 3.82. The zero-order valence-corrected chi connectivity index (χ0v) is 8.83. The molecule has 76 valence electrons. The Hall–Kier alpha value is -0.820. The highest BCUT2D eigenvalue weighted by molar-refractivity contribution is 5.29. The predicted octanol–water partition coefficient (Wildman–Crippen LogP) is 3.14. The van der Waals surface area contributed by atoms with Crippen molar-refractivity contribution < 1.29 is 4.74 Å². The molecule has 0 unspecified atom stereocenters. The first kappa shape index (κ1) is 9.72. The van der Waals surface area contributed by atoms with Crippen molar-refractivity contribution in [3.8, 4) is 0 Å². The Balaban J connectivity index is 1.92. The molecular weight excluding hydrogens is 172 g/mol. The van der Waals surface area contributed by atoms with Crippen LogP contribution in [0.15, 0.2) is 24.3 Å². The minimum Gasteiger partial charge on any atom is -0.381 e. The van der Waals surface area contributed by atoms with Crippen LogP contribution in [0, 0.1) is 0 Å². The summed E-state index contributed by atoms with van der Waals surface area (Å²) in [5.74, 6) is 0.863. The van der Waals surface area contributed by atoms with Gasteiger partial charge in [-0.2, -0.15) is 0 Å². The van der Waals surface area contributed by atoms with Gasteiger partial charge in [-0.1, -0.05) is 24.3 Å². The molecule has 0 spiro atoms. The molecule has 1 aliphatic rings. The van der Waals surface area contributed by atoms with Crippen LogP contribution in [0.25, 0.3) is 0 Å². The number of benzene rings is 1. The van der Waals surface area contributed by atoms with E-state index in [9.17, 15) is 0 Å². The molecule has 0 bridgehead atoms. The summed E-state index contributed by atoms with van der Waals surface area (Å²) in [7, 11) is 0. The van der Waals surface area contributed by atoms with Crippen molar-refractivity contribution >= 4 is 0 Å². The third-order valence-corrected chi connectivity index (χ3v) is 2.74. The average molecular weight is 190 g/mol. The van der Waals surface area contributed by atoms with Gasteiger partial charge in [-0.25, -0.2) is 0 Å². The fraction of sp³-hybridized carbons (Fsp3) is 0.538. The molecule has 0 atom stereocenters. The normalized spacial score (nSPS) is 15.8. The highest BCUT2D eigenvalue weighted by Gasteiger charge is 2.23. The van der Waals surface area contributed by atoms with Gasteiger partial charge in [-0.3, -0.25) is 0 Å². The lowest BCUT2D eigenvalue weighted by Gasteiger charge is -2.04. The largest absolute Gasteiger partial charge is 0.381 e. The van der Waals surface area contributed by atoms with Crippen LogP contribution < -0.4 is 0 Å². The fourth-order valence-electron chi connectivity index (χ4n) is 1.75. The van der Waals surface area contributed by atoms with Crippen molar-refractivity contribution in [2.24, 2.45) is 0 Å². The number of ether oxygens (including phenoxy) is 1. The Morgan fingerprint density at radius 1 is 1.36 bits per heavy atom. The molecule has 1 aromatic carbocycles. The third kappa shape index (κ3) is 2.58. The number of hydrogen-bond donors (Lipinski definition) is 0. The summed E-state index contributed by atoms with van der Waals surface area (Å²) < 4.78 is 5.35. The molecule has 1 saturated carbocycles. The van der Waals surface area contributed by atoms with Crippen LogP contribution in [0.2, 0.25) is 0 Å². The minimum atomic E-state index is 0.822. The molecule has 0 saturated heterocycles. The second kappa shape index (κ2) is 4.61. The van der Waals surface area contributed by atoms with Gasteiger partial charge in [0.15, 0.2) is 0 Å². The van der Waals surface area contributed by atoms with Crippen LogP contribution in [-0.2, 0) is 11.2 Å². The quantitative estimate of drug-likeness (QED) is 0.648. The van der Waals surface area contributed by atoms with Crippen LogP contribution in [0.3, 0.4) is 0 Å². The number of hydrogen-bond acceptors (Lipinski definition) is 1. The van der Waals surface area contributed by atoms with Gasteiger partial charge in [0.1, 0.15) is 0 Å². The fourth-order valence-corrected chi connectivity index (χ4v) is 1.75. The predicted molar refractivity (Wildman–Crippen MR) is 58.6 cm³/mol. The van der Waals surface area contributed by atoms with Gasteiger partial charge in [0.2, 0.25) is 0 Å². The lowest BCUT2D eigenvalue weighted by atomic mass is 10.1. The van der Waals surface area contributed by atoms with Crippen molar-refractivity contribution in [3.05, 3.63) is 35.4 Å². The molecule has 0 aromatic heterocycles. The van der Waals surface area contributed by atoms with E-state index in [1.54, 1.807) is 0 Å². The van der Waals surface area contributed by atoms with Crippen LogP contribution in [0.5, 0.6) is 0 Å². The number of rotatable bonds is 5. The minimum absolute atomic E-state index is 0.822. The monoisotopic (exact) mass is 190 g/mol. The molecule has 1 aromatic rings. The smallest absolute Gasteiger partial charge is 0.0506 e. The molecule has 0 radical (unpaired) electrons. The highest BCUT2D eigenvalue weighted by Crippen LogP contribution is 2.40. The molecule has 1 fully saturated rings. The summed E-state index contributed by atoms with van der Waals surface area (Å²) >= 11 is 0. The Morgan fingerprint density at radius 2 is 2.21 bits per heavy atom. The second-order valence-corrected chi connectivity index (χ2v) is 3.97. The van der Waals surface area contributed by atoms with E-state index in [4.69, 9.17) is 4.74 Å². The average Bonchev–Trinajstić information content (AvgIpc) is 3.02. The van der Waals surface area contributed by atoms with Crippen molar-refractivity contribution in [2.75, 3.05) is 13.2 Å². The van der Waals surface area contributed by atoms with Crippen LogP contribution >= 0.6 is 0 Å². The summed E-state index contributed by atoms with van der Waals surface area (Å²) in [6, 6.07) is 8.97. The van der Waals surface area contributed by atoms with E-state index in [2.05, 4.69) is 24.3 Å². The maximum Gasteiger partial charge on any atom is 0.0506 e. The van der Waals surface area contributed by atoms with E-state index < -0.39 is 0 Å². The summed E-state index contributed by atoms with van der Waals surface area (Å²) in [5, 5.41) is 0. The second-order valence-electron chi connectivity index (χ2n) is 3.97. The van der Waals surface area contributed by atoms with Gasteiger partial charge < -0.3 is 4.74 Å². The third-order valence-electron chi connectivity index (χ3n) is 2.74. The SMILES string of the molecule is CCOCCc1cccc(C2CC2)c1. The zero-order chi connectivity index (χ0) is 9.80. The van der Waals surface area contributed by atoms with Crippen molar-refractivity contribution in [1.29, 1.82) is 0 Å². The van der Waals surface area contributed by atoms with Crippen molar-refractivity contribution in [2.45, 2.75) is 32.1 Å². The Morgan fingerprint density at radius 3 is 2.93 bits per heavy atom. The topological polar surface area (TPSA) is 9.23 Å². The first-order valence-corrected chi connectivity index (χ1v) is 5.56. The van der Waals surface area contributed by atoms with Crippen LogP contribution in [0.4, 0.5) is 0 Å². The van der Waals surface area contributed by atoms with E-state index in [-0.39, 0.29) is 0 Å². The molecule has 0 aliphatic heterocycles. The van der Waals surface area contributed by atoms with Gasteiger partial charge >= 0.3 is 0 Å². The summed E-state index contributed by atoms with van der Waals surface area (Å²) in [6.45, 7) is 3.72. The van der Waals surface area contributed by atoms with Gasteiger partial charge in [-0.05, 0) is 43.2 Å². The van der Waals surface area contributed by atoms with E-state index in [0.29, 0.717) is 0 Å². The molecule has 2 rings (SSSR count). The van der Waals surface area contributed by atoms with Crippen molar-refractivity contribution in [1.82, 2.24) is 0 Å². The van der Waals surface area contributed by atoms with Gasteiger partial charge in [0.05, 0.1) is 6.61 Å². The van der Waals surface area contributed by atoms with E-state index in [1.165, 1.54) is 24.0 Å². The molecule has 0 amide bonds. The zero-order valence-electron chi connectivity index (χ0n) is 8.83. The van der Waals surface area contributed by atoms with Crippen molar-refractivity contribution in [3.63, 3.8) is 0 Å². The Kier molecular flexibility index (Phi) is 3.20. The summed E-state index contributed by atoms with van der Waals surface area (Å²) in [4.78, 5) is 0. The lowest BCUT2D eigenvalue weighted by molar-refractivity contribution is 0.151. The van der Waals surface area contributed by atoms with Gasteiger partial charge in [0, 0.05) is 6.61 Å². The molecule has 0 heterocycles. The summed E-state index contributed by atoms with van der Waals surface area (Å²) in [5.41, 5.74) is 2.95. The maximum atomic E-state index is 5.35. The first-order chi connectivity index (χ1) is 6.90. The molecule has 1 aliphatic carbocycles. The lowest BCUT2D eigenvalue weighted by Crippen LogP contribution is -1.98. The van der Waals surface area contributed by atoms with Gasteiger partial charge in [-0.15, -0.1) is 0 Å². The van der Waals surface area contributed by atoms with E-state index >= 15 is 0 Å². The molecule has 0 N–H and O–H groups in total. The standard InChI is InChI=1S/C13H18O/c1-2-14-9-8-11-4-3-5-13(10-11)12-6-7-12/h3-5,10,12H,2,6-9H2,1H3. The van der Waals surface area contributed by atoms with E-state index in [1.807, 2.05) is 6.92 Å².